The lowest BCUT2D eigenvalue weighted by molar-refractivity contribution is -0.138. The lowest BCUT2D eigenvalue weighted by Crippen LogP contribution is -2.63. The molecule has 0 radical (unpaired) electrons. The lowest BCUT2D eigenvalue weighted by atomic mass is 9.98. The quantitative estimate of drug-likeness (QED) is 0.648. The summed E-state index contributed by atoms with van der Waals surface area (Å²) in [4.78, 5) is 35.6. The fraction of sp³-hybridized carbons (Fsp3) is 0.500. The molecule has 0 aromatic heterocycles. The van der Waals surface area contributed by atoms with Gasteiger partial charge in [0.1, 0.15) is 18.7 Å². The molecule has 1 heterocycles. The van der Waals surface area contributed by atoms with Crippen molar-refractivity contribution in [1.29, 1.82) is 0 Å². The van der Waals surface area contributed by atoms with E-state index in [0.29, 0.717) is 19.4 Å². The molecule has 0 aliphatic carbocycles. The molecule has 0 unspecified atom stereocenters. The van der Waals surface area contributed by atoms with E-state index in [1.165, 1.54) is 0 Å². The number of hydrogen-bond acceptors (Lipinski definition) is 4. The van der Waals surface area contributed by atoms with Crippen molar-refractivity contribution in [2.45, 2.75) is 45.4 Å². The van der Waals surface area contributed by atoms with Crippen LogP contribution in [0.1, 0.15) is 32.3 Å². The van der Waals surface area contributed by atoms with Gasteiger partial charge >= 0.3 is 6.09 Å². The van der Waals surface area contributed by atoms with Crippen LogP contribution in [-0.2, 0) is 20.9 Å². The molecule has 7 heteroatoms. The van der Waals surface area contributed by atoms with Crippen LogP contribution >= 0.6 is 0 Å². The molecule has 1 saturated heterocycles. The van der Waals surface area contributed by atoms with Crippen LogP contribution in [0.25, 0.3) is 0 Å². The van der Waals surface area contributed by atoms with Crippen LogP contribution < -0.4 is 16.0 Å². The van der Waals surface area contributed by atoms with Crippen LogP contribution in [0, 0.1) is 5.92 Å². The maximum absolute atomic E-state index is 12.0. The molecule has 1 aliphatic heterocycles. The zero-order valence-electron chi connectivity index (χ0n) is 14.6. The molecule has 3 N–H and O–H groups in total. The molecule has 0 bridgehead atoms. The van der Waals surface area contributed by atoms with Gasteiger partial charge in [-0.3, -0.25) is 9.59 Å². The number of alkyl carbamates (subject to hydrolysis) is 1. The highest BCUT2D eigenvalue weighted by atomic mass is 16.5. The Morgan fingerprint density at radius 2 is 1.88 bits per heavy atom. The third-order valence-electron chi connectivity index (χ3n) is 4.03. The molecule has 1 fully saturated rings. The van der Waals surface area contributed by atoms with Crippen molar-refractivity contribution in [1.82, 2.24) is 16.0 Å². The minimum absolute atomic E-state index is 0.0472. The second kappa shape index (κ2) is 9.05. The predicted octanol–water partition coefficient (Wildman–Crippen LogP) is 1.33. The number of carbonyl (C=O) groups excluding carboxylic acids is 3. The van der Waals surface area contributed by atoms with E-state index < -0.39 is 18.2 Å². The lowest BCUT2D eigenvalue weighted by Gasteiger charge is -2.31. The number of rotatable bonds is 7. The summed E-state index contributed by atoms with van der Waals surface area (Å²) in [6, 6.07) is 8.38. The van der Waals surface area contributed by atoms with Gasteiger partial charge in [0.15, 0.2) is 0 Å². The molecule has 0 spiro atoms. The summed E-state index contributed by atoms with van der Waals surface area (Å²) in [6.45, 7) is 4.36. The van der Waals surface area contributed by atoms with E-state index in [1.54, 1.807) is 0 Å². The number of benzene rings is 1. The molecule has 1 aromatic rings. The third kappa shape index (κ3) is 5.77. The van der Waals surface area contributed by atoms with Crippen molar-refractivity contribution in [3.63, 3.8) is 0 Å². The smallest absolute Gasteiger partial charge is 0.407 e. The van der Waals surface area contributed by atoms with Gasteiger partial charge in [0, 0.05) is 6.54 Å². The van der Waals surface area contributed by atoms with E-state index >= 15 is 0 Å². The number of carbonyl (C=O) groups is 3. The van der Waals surface area contributed by atoms with Crippen molar-refractivity contribution in [3.05, 3.63) is 35.9 Å². The van der Waals surface area contributed by atoms with Crippen molar-refractivity contribution < 1.29 is 19.1 Å². The van der Waals surface area contributed by atoms with Gasteiger partial charge in [0.05, 0.1) is 0 Å². The fourth-order valence-corrected chi connectivity index (χ4v) is 2.59. The summed E-state index contributed by atoms with van der Waals surface area (Å²) in [5, 5.41) is 8.12. The molecule has 136 valence electrons. The van der Waals surface area contributed by atoms with Gasteiger partial charge in [-0.05, 0) is 24.3 Å². The predicted molar refractivity (Wildman–Crippen MR) is 92.6 cm³/mol. The molecule has 7 nitrogen and oxygen atoms in total. The Morgan fingerprint density at radius 3 is 2.56 bits per heavy atom. The normalized spacial score (nSPS) is 20.0. The number of hydrogen-bond donors (Lipinski definition) is 3. The van der Waals surface area contributed by atoms with Gasteiger partial charge in [0.25, 0.3) is 0 Å². The molecular weight excluding hydrogens is 322 g/mol. The monoisotopic (exact) mass is 347 g/mol. The Balaban J connectivity index is 1.63. The minimum atomic E-state index is -0.551. The van der Waals surface area contributed by atoms with Gasteiger partial charge in [-0.25, -0.2) is 4.79 Å². The van der Waals surface area contributed by atoms with Crippen molar-refractivity contribution >= 4 is 17.9 Å². The van der Waals surface area contributed by atoms with Gasteiger partial charge in [-0.15, -0.1) is 0 Å². The first-order valence-electron chi connectivity index (χ1n) is 8.52. The van der Waals surface area contributed by atoms with Crippen molar-refractivity contribution in [2.75, 3.05) is 6.54 Å². The van der Waals surface area contributed by atoms with Crippen LogP contribution in [0.5, 0.6) is 0 Å². The first kappa shape index (κ1) is 18.8. The summed E-state index contributed by atoms with van der Waals surface area (Å²) in [5.74, 6) is -0.286. The summed E-state index contributed by atoms with van der Waals surface area (Å²) in [5.41, 5.74) is 0.916. The maximum atomic E-state index is 12.0. The number of amides is 3. The number of piperazine rings is 1. The number of nitrogens with one attached hydrogen (secondary N) is 3. The van der Waals surface area contributed by atoms with Gasteiger partial charge in [-0.1, -0.05) is 44.2 Å². The zero-order valence-corrected chi connectivity index (χ0v) is 14.6. The van der Waals surface area contributed by atoms with Crippen LogP contribution in [0.3, 0.4) is 0 Å². The van der Waals surface area contributed by atoms with E-state index in [9.17, 15) is 14.4 Å². The Kier molecular flexibility index (Phi) is 6.80. The molecule has 2 rings (SSSR count). The molecule has 2 atom stereocenters. The molecule has 1 aliphatic rings. The van der Waals surface area contributed by atoms with E-state index in [1.807, 2.05) is 44.2 Å². The van der Waals surface area contributed by atoms with Crippen molar-refractivity contribution in [3.8, 4) is 0 Å². The molecular formula is C18H25N3O4. The minimum Gasteiger partial charge on any atom is -0.445 e. The highest BCUT2D eigenvalue weighted by Crippen LogP contribution is 2.09. The zero-order chi connectivity index (χ0) is 18.2. The van der Waals surface area contributed by atoms with Gasteiger partial charge in [-0.2, -0.15) is 0 Å². The first-order valence-corrected chi connectivity index (χ1v) is 8.52. The third-order valence-corrected chi connectivity index (χ3v) is 4.03. The summed E-state index contributed by atoms with van der Waals surface area (Å²) in [7, 11) is 0. The highest BCUT2D eigenvalue weighted by Gasteiger charge is 2.34. The topological polar surface area (TPSA) is 96.5 Å². The molecule has 25 heavy (non-hydrogen) atoms. The Bertz CT molecular complexity index is 604. The van der Waals surface area contributed by atoms with E-state index in [0.717, 1.165) is 5.56 Å². The Morgan fingerprint density at radius 1 is 1.16 bits per heavy atom. The SMILES string of the molecule is CC(C)[C@@H]1NC(=O)[C@H](CCCNC(=O)OCc2ccccc2)NC1=O. The van der Waals surface area contributed by atoms with E-state index in [4.69, 9.17) is 4.74 Å². The van der Waals surface area contributed by atoms with E-state index in [-0.39, 0.29) is 24.3 Å². The standard InChI is InChI=1S/C18H25N3O4/c1-12(2)15-17(23)20-14(16(22)21-15)9-6-10-19-18(24)25-11-13-7-4-3-5-8-13/h3-5,7-8,12,14-15H,6,9-11H2,1-2H3,(H,19,24)(H,20,23)(H,21,22)/t14-,15-/m0/s1. The average molecular weight is 347 g/mol. The molecule has 0 saturated carbocycles. The van der Waals surface area contributed by atoms with Gasteiger partial charge in [0.2, 0.25) is 11.8 Å². The Labute approximate surface area is 147 Å². The molecule has 1 aromatic carbocycles. The van der Waals surface area contributed by atoms with E-state index in [2.05, 4.69) is 16.0 Å². The summed E-state index contributed by atoms with van der Waals surface area (Å²) >= 11 is 0. The van der Waals surface area contributed by atoms with Crippen LogP contribution in [0.2, 0.25) is 0 Å². The Hall–Kier alpha value is -2.57. The van der Waals surface area contributed by atoms with Crippen LogP contribution in [-0.4, -0.2) is 36.5 Å². The largest absolute Gasteiger partial charge is 0.445 e. The highest BCUT2D eigenvalue weighted by molar-refractivity contribution is 5.97. The fourth-order valence-electron chi connectivity index (χ4n) is 2.59. The van der Waals surface area contributed by atoms with Crippen molar-refractivity contribution in [2.24, 2.45) is 5.92 Å². The average Bonchev–Trinajstić information content (AvgIpc) is 2.60. The van der Waals surface area contributed by atoms with Gasteiger partial charge < -0.3 is 20.7 Å². The summed E-state index contributed by atoms with van der Waals surface area (Å²) < 4.78 is 5.10. The first-order chi connectivity index (χ1) is 12.0. The van der Waals surface area contributed by atoms with Crippen LogP contribution in [0.15, 0.2) is 30.3 Å². The summed E-state index contributed by atoms with van der Waals surface area (Å²) in [6.07, 6.45) is 0.521. The number of ether oxygens (including phenoxy) is 1. The molecule has 3 amide bonds. The van der Waals surface area contributed by atoms with Crippen LogP contribution in [0.4, 0.5) is 4.79 Å². The second-order valence-corrected chi connectivity index (χ2v) is 6.42. The maximum Gasteiger partial charge on any atom is 0.407 e. The second-order valence-electron chi connectivity index (χ2n) is 6.42.